The van der Waals surface area contributed by atoms with Crippen LogP contribution in [0.4, 0.5) is 0 Å². The Kier molecular flexibility index (Phi) is 3.12. The van der Waals surface area contributed by atoms with Gasteiger partial charge >= 0.3 is 0 Å². The second kappa shape index (κ2) is 4.79. The van der Waals surface area contributed by atoms with Gasteiger partial charge in [0.05, 0.1) is 22.2 Å². The van der Waals surface area contributed by atoms with E-state index in [0.717, 1.165) is 36.4 Å². The minimum absolute atomic E-state index is 0.380. The van der Waals surface area contributed by atoms with Crippen LogP contribution in [-0.2, 0) is 18.3 Å². The molecule has 1 unspecified atom stereocenters. The molecule has 3 heteroatoms. The van der Waals surface area contributed by atoms with Crippen LogP contribution in [-0.4, -0.2) is 4.98 Å². The van der Waals surface area contributed by atoms with Gasteiger partial charge in [0.15, 0.2) is 0 Å². The van der Waals surface area contributed by atoms with E-state index < -0.39 is 0 Å². The number of fused-ring (bicyclic) bond motifs is 1. The van der Waals surface area contributed by atoms with Crippen molar-refractivity contribution < 1.29 is 0 Å². The van der Waals surface area contributed by atoms with E-state index in [1.807, 2.05) is 13.0 Å². The normalized spacial score (nSPS) is 21.7. The van der Waals surface area contributed by atoms with Crippen molar-refractivity contribution >= 4 is 11.3 Å². The summed E-state index contributed by atoms with van der Waals surface area (Å²) < 4.78 is 0. The largest absolute Gasteiger partial charge is 0.247 e. The molecule has 3 rings (SSSR count). The first-order valence-electron chi connectivity index (χ1n) is 6.64. The fraction of sp³-hybridized carbons (Fsp3) is 0.375. The van der Waals surface area contributed by atoms with Gasteiger partial charge in [-0.15, -0.1) is 11.3 Å². The number of aryl methyl sites for hydroxylation is 2. The van der Waals surface area contributed by atoms with Gasteiger partial charge in [-0.3, -0.25) is 0 Å². The molecule has 19 heavy (non-hydrogen) atoms. The Hall–Kier alpha value is -1.66. The highest BCUT2D eigenvalue weighted by atomic mass is 32.1. The summed E-state index contributed by atoms with van der Waals surface area (Å²) in [6.07, 6.45) is 3.87. The SMILES string of the molecule is Cc1nc(CC2(C#N)CCCc3ccccc32)cs1. The van der Waals surface area contributed by atoms with Gasteiger partial charge in [-0.1, -0.05) is 24.3 Å². The molecule has 1 heterocycles. The molecule has 0 bridgehead atoms. The van der Waals surface area contributed by atoms with Crippen molar-refractivity contribution in [1.29, 1.82) is 5.26 Å². The smallest absolute Gasteiger partial charge is 0.0897 e. The van der Waals surface area contributed by atoms with Crippen molar-refractivity contribution in [2.24, 2.45) is 0 Å². The maximum Gasteiger partial charge on any atom is 0.0897 e. The quantitative estimate of drug-likeness (QED) is 0.831. The Morgan fingerprint density at radius 1 is 1.42 bits per heavy atom. The highest BCUT2D eigenvalue weighted by molar-refractivity contribution is 7.09. The number of thiazole rings is 1. The first-order valence-corrected chi connectivity index (χ1v) is 7.52. The lowest BCUT2D eigenvalue weighted by Gasteiger charge is -2.32. The molecule has 0 N–H and O–H groups in total. The van der Waals surface area contributed by atoms with Crippen LogP contribution in [0.5, 0.6) is 0 Å². The molecule has 0 saturated carbocycles. The predicted octanol–water partition coefficient (Wildman–Crippen LogP) is 3.79. The van der Waals surface area contributed by atoms with Gasteiger partial charge in [-0.25, -0.2) is 4.98 Å². The summed E-state index contributed by atoms with van der Waals surface area (Å²) >= 11 is 1.66. The number of hydrogen-bond donors (Lipinski definition) is 0. The summed E-state index contributed by atoms with van der Waals surface area (Å²) in [5, 5.41) is 12.9. The summed E-state index contributed by atoms with van der Waals surface area (Å²) in [5.74, 6) is 0. The zero-order valence-electron chi connectivity index (χ0n) is 11.0. The maximum atomic E-state index is 9.78. The van der Waals surface area contributed by atoms with Crippen LogP contribution in [0.2, 0.25) is 0 Å². The third-order valence-electron chi connectivity index (χ3n) is 3.95. The Labute approximate surface area is 117 Å². The molecule has 0 radical (unpaired) electrons. The highest BCUT2D eigenvalue weighted by Crippen LogP contribution is 2.39. The topological polar surface area (TPSA) is 36.7 Å². The minimum Gasteiger partial charge on any atom is -0.247 e. The molecule has 0 saturated heterocycles. The molecule has 0 amide bonds. The third-order valence-corrected chi connectivity index (χ3v) is 4.77. The monoisotopic (exact) mass is 268 g/mol. The lowest BCUT2D eigenvalue weighted by molar-refractivity contribution is 0.447. The van der Waals surface area contributed by atoms with Crippen molar-refractivity contribution in [2.75, 3.05) is 0 Å². The van der Waals surface area contributed by atoms with Gasteiger partial charge in [-0.2, -0.15) is 5.26 Å². The second-order valence-corrected chi connectivity index (χ2v) is 6.30. The zero-order valence-corrected chi connectivity index (χ0v) is 11.8. The molecule has 1 aliphatic carbocycles. The molecular weight excluding hydrogens is 252 g/mol. The van der Waals surface area contributed by atoms with Crippen molar-refractivity contribution in [3.63, 3.8) is 0 Å². The van der Waals surface area contributed by atoms with Gasteiger partial charge in [0.25, 0.3) is 0 Å². The average Bonchev–Trinajstić information content (AvgIpc) is 2.84. The Balaban J connectivity index is 2.03. The summed E-state index contributed by atoms with van der Waals surface area (Å²) in [6.45, 7) is 2.02. The van der Waals surface area contributed by atoms with E-state index >= 15 is 0 Å². The lowest BCUT2D eigenvalue weighted by Crippen LogP contribution is -2.31. The Morgan fingerprint density at radius 2 is 2.26 bits per heavy atom. The molecule has 1 aromatic heterocycles. The van der Waals surface area contributed by atoms with Gasteiger partial charge in [0.2, 0.25) is 0 Å². The molecular formula is C16H16N2S. The summed E-state index contributed by atoms with van der Waals surface area (Å²) in [5.41, 5.74) is 3.23. The number of benzene rings is 1. The summed E-state index contributed by atoms with van der Waals surface area (Å²) in [4.78, 5) is 4.54. The molecule has 1 atom stereocenters. The molecule has 2 aromatic rings. The van der Waals surface area contributed by atoms with E-state index in [4.69, 9.17) is 0 Å². The van der Waals surface area contributed by atoms with Crippen LogP contribution in [0.3, 0.4) is 0 Å². The van der Waals surface area contributed by atoms with Crippen LogP contribution >= 0.6 is 11.3 Å². The molecule has 1 aromatic carbocycles. The number of hydrogen-bond acceptors (Lipinski definition) is 3. The first-order chi connectivity index (χ1) is 9.23. The van der Waals surface area contributed by atoms with E-state index in [2.05, 4.69) is 34.6 Å². The van der Waals surface area contributed by atoms with E-state index in [-0.39, 0.29) is 5.41 Å². The van der Waals surface area contributed by atoms with E-state index in [1.165, 1.54) is 11.1 Å². The van der Waals surface area contributed by atoms with Gasteiger partial charge in [0.1, 0.15) is 0 Å². The van der Waals surface area contributed by atoms with E-state index in [0.29, 0.717) is 0 Å². The van der Waals surface area contributed by atoms with E-state index in [9.17, 15) is 5.26 Å². The third kappa shape index (κ3) is 2.17. The number of nitrogens with zero attached hydrogens (tertiary/aromatic N) is 2. The number of aromatic nitrogens is 1. The molecule has 2 nitrogen and oxygen atoms in total. The maximum absolute atomic E-state index is 9.78. The number of nitriles is 1. The average molecular weight is 268 g/mol. The minimum atomic E-state index is -0.380. The van der Waals surface area contributed by atoms with Crippen LogP contribution in [0.15, 0.2) is 29.6 Å². The van der Waals surface area contributed by atoms with Crippen molar-refractivity contribution in [1.82, 2.24) is 4.98 Å². The Bertz CT molecular complexity index is 638. The first kappa shape index (κ1) is 12.4. The number of rotatable bonds is 2. The van der Waals surface area contributed by atoms with E-state index in [1.54, 1.807) is 11.3 Å². The van der Waals surface area contributed by atoms with Crippen molar-refractivity contribution in [3.8, 4) is 6.07 Å². The van der Waals surface area contributed by atoms with Gasteiger partial charge in [0, 0.05) is 11.8 Å². The highest BCUT2D eigenvalue weighted by Gasteiger charge is 2.37. The predicted molar refractivity (Wildman–Crippen MR) is 77.2 cm³/mol. The van der Waals surface area contributed by atoms with Crippen molar-refractivity contribution in [2.45, 2.75) is 38.0 Å². The summed E-state index contributed by atoms with van der Waals surface area (Å²) in [7, 11) is 0. The molecule has 0 spiro atoms. The lowest BCUT2D eigenvalue weighted by atomic mass is 9.68. The standard InChI is InChI=1S/C16H16N2S/c1-12-18-14(10-19-12)9-16(11-17)8-4-6-13-5-2-3-7-15(13)16/h2-3,5,7,10H,4,6,8-9H2,1H3. The fourth-order valence-electron chi connectivity index (χ4n) is 3.06. The molecule has 96 valence electrons. The van der Waals surface area contributed by atoms with Crippen LogP contribution in [0, 0.1) is 18.3 Å². The Morgan fingerprint density at radius 3 is 3.00 bits per heavy atom. The zero-order chi connectivity index (χ0) is 13.3. The van der Waals surface area contributed by atoms with Crippen LogP contribution in [0.25, 0.3) is 0 Å². The molecule has 0 aliphatic heterocycles. The molecule has 0 fully saturated rings. The second-order valence-electron chi connectivity index (χ2n) is 5.24. The van der Waals surface area contributed by atoms with Gasteiger partial charge in [-0.05, 0) is 37.3 Å². The fourth-order valence-corrected chi connectivity index (χ4v) is 3.67. The van der Waals surface area contributed by atoms with Crippen LogP contribution in [0.1, 0.15) is 34.7 Å². The van der Waals surface area contributed by atoms with Gasteiger partial charge < -0.3 is 0 Å². The van der Waals surface area contributed by atoms with Crippen LogP contribution < -0.4 is 0 Å². The molecule has 1 aliphatic rings. The van der Waals surface area contributed by atoms with Crippen molar-refractivity contribution in [3.05, 3.63) is 51.5 Å². The summed E-state index contributed by atoms with van der Waals surface area (Å²) in [6, 6.07) is 11.0.